The molecule has 0 aliphatic carbocycles. The maximum absolute atomic E-state index is 12.8. The lowest BCUT2D eigenvalue weighted by atomic mass is 10.1. The maximum Gasteiger partial charge on any atom is 0.287 e. The molecule has 3 aromatic rings. The minimum Gasteiger partial charge on any atom is -0.450 e. The molecule has 29 heavy (non-hydrogen) atoms. The summed E-state index contributed by atoms with van der Waals surface area (Å²) >= 11 is 1.71. The first-order valence-corrected chi connectivity index (χ1v) is 11.0. The quantitative estimate of drug-likeness (QED) is 0.676. The monoisotopic (exact) mass is 410 g/mol. The molecule has 0 unspecified atom stereocenters. The summed E-state index contributed by atoms with van der Waals surface area (Å²) in [5.74, 6) is -0.275. The van der Waals surface area contributed by atoms with Crippen molar-refractivity contribution in [2.75, 3.05) is 19.6 Å². The molecule has 1 fully saturated rings. The molecule has 1 amide bonds. The Hall–Kier alpha value is -2.44. The second-order valence-electron chi connectivity index (χ2n) is 7.70. The fourth-order valence-corrected chi connectivity index (χ4v) is 4.82. The van der Waals surface area contributed by atoms with Gasteiger partial charge in [0.1, 0.15) is 5.58 Å². The highest BCUT2D eigenvalue weighted by Crippen LogP contribution is 2.27. The summed E-state index contributed by atoms with van der Waals surface area (Å²) in [5.41, 5.74) is 2.22. The molecule has 152 valence electrons. The van der Waals surface area contributed by atoms with Gasteiger partial charge in [0.15, 0.2) is 11.2 Å². The Morgan fingerprint density at radius 1 is 1.21 bits per heavy atom. The summed E-state index contributed by atoms with van der Waals surface area (Å²) in [5, 5.41) is 5.58. The number of nitrogens with one attached hydrogen (secondary N) is 1. The normalized spacial score (nSPS) is 16.1. The number of fused-ring (bicyclic) bond motifs is 1. The van der Waals surface area contributed by atoms with Crippen LogP contribution in [0, 0.1) is 13.8 Å². The summed E-state index contributed by atoms with van der Waals surface area (Å²) in [6.45, 7) is 6.45. The zero-order valence-electron chi connectivity index (χ0n) is 16.9. The van der Waals surface area contributed by atoms with Crippen LogP contribution in [0.25, 0.3) is 11.0 Å². The molecule has 1 aliphatic rings. The molecule has 1 aliphatic heterocycles. The van der Waals surface area contributed by atoms with Gasteiger partial charge in [-0.2, -0.15) is 0 Å². The van der Waals surface area contributed by atoms with Gasteiger partial charge in [-0.05, 0) is 68.4 Å². The lowest BCUT2D eigenvalue weighted by molar-refractivity contribution is 0.0899. The molecule has 1 atom stereocenters. The van der Waals surface area contributed by atoms with Crippen LogP contribution >= 0.6 is 11.3 Å². The second kappa shape index (κ2) is 8.51. The van der Waals surface area contributed by atoms with Gasteiger partial charge < -0.3 is 9.73 Å². The highest BCUT2D eigenvalue weighted by atomic mass is 32.1. The molecule has 1 saturated heterocycles. The first kappa shape index (κ1) is 19.9. The first-order valence-electron chi connectivity index (χ1n) is 10.1. The Labute approximate surface area is 174 Å². The smallest absolute Gasteiger partial charge is 0.287 e. The van der Waals surface area contributed by atoms with Crippen molar-refractivity contribution >= 4 is 28.2 Å². The summed E-state index contributed by atoms with van der Waals surface area (Å²) in [6, 6.07) is 9.28. The average molecular weight is 411 g/mol. The number of carbonyl (C=O) groups is 1. The van der Waals surface area contributed by atoms with Crippen LogP contribution in [0.5, 0.6) is 0 Å². The van der Waals surface area contributed by atoms with E-state index in [0.29, 0.717) is 17.5 Å². The van der Waals surface area contributed by atoms with Gasteiger partial charge in [0.25, 0.3) is 5.91 Å². The van der Waals surface area contributed by atoms with Gasteiger partial charge in [-0.15, -0.1) is 11.3 Å². The van der Waals surface area contributed by atoms with E-state index in [9.17, 15) is 9.59 Å². The molecular weight excluding hydrogens is 384 g/mol. The predicted octanol–water partition coefficient (Wildman–Crippen LogP) is 4.43. The van der Waals surface area contributed by atoms with Gasteiger partial charge in [-0.25, -0.2) is 0 Å². The van der Waals surface area contributed by atoms with E-state index >= 15 is 0 Å². The Kier molecular flexibility index (Phi) is 5.83. The number of hydrogen-bond acceptors (Lipinski definition) is 5. The molecule has 0 saturated carbocycles. The standard InChI is InChI=1S/C23H26N2O3S/c1-15-8-9-17-19(26)13-20(28-22(17)16(15)2)23(27)24-14-18(21-7-6-12-29-21)25-10-4-3-5-11-25/h6-9,12-13,18H,3-5,10-11,14H2,1-2H3,(H,24,27)/t18-/m0/s1. The van der Waals surface area contributed by atoms with Crippen molar-refractivity contribution < 1.29 is 9.21 Å². The predicted molar refractivity (Wildman–Crippen MR) is 117 cm³/mol. The number of thiophene rings is 1. The van der Waals surface area contributed by atoms with Crippen molar-refractivity contribution in [2.24, 2.45) is 0 Å². The molecule has 4 rings (SSSR count). The van der Waals surface area contributed by atoms with Gasteiger partial charge in [0.2, 0.25) is 0 Å². The minimum absolute atomic E-state index is 0.0692. The Balaban J connectivity index is 1.56. The first-order chi connectivity index (χ1) is 14.0. The van der Waals surface area contributed by atoms with Gasteiger partial charge in [-0.1, -0.05) is 18.6 Å². The largest absolute Gasteiger partial charge is 0.450 e. The number of hydrogen-bond donors (Lipinski definition) is 1. The summed E-state index contributed by atoms with van der Waals surface area (Å²) in [7, 11) is 0. The molecule has 6 heteroatoms. The molecule has 5 nitrogen and oxygen atoms in total. The molecule has 0 bridgehead atoms. The lowest BCUT2D eigenvalue weighted by Crippen LogP contribution is -2.40. The number of rotatable bonds is 5. The average Bonchev–Trinajstić information content (AvgIpc) is 3.26. The van der Waals surface area contributed by atoms with E-state index in [1.54, 1.807) is 17.4 Å². The molecular formula is C23H26N2O3S. The summed E-state index contributed by atoms with van der Waals surface area (Å²) in [4.78, 5) is 29.0. The van der Waals surface area contributed by atoms with Crippen LogP contribution in [-0.4, -0.2) is 30.4 Å². The van der Waals surface area contributed by atoms with Crippen LogP contribution in [0.2, 0.25) is 0 Å². The Morgan fingerprint density at radius 3 is 2.72 bits per heavy atom. The van der Waals surface area contributed by atoms with Gasteiger partial charge in [0, 0.05) is 17.5 Å². The van der Waals surface area contributed by atoms with E-state index in [2.05, 4.69) is 21.7 Å². The van der Waals surface area contributed by atoms with Gasteiger partial charge in [-0.3, -0.25) is 14.5 Å². The number of likely N-dealkylation sites (tertiary alicyclic amines) is 1. The molecule has 0 spiro atoms. The Bertz CT molecular complexity index is 1070. The van der Waals surface area contributed by atoms with Crippen molar-refractivity contribution in [1.82, 2.24) is 10.2 Å². The topological polar surface area (TPSA) is 62.6 Å². The molecule has 1 aromatic carbocycles. The van der Waals surface area contributed by atoms with E-state index in [-0.39, 0.29) is 23.1 Å². The second-order valence-corrected chi connectivity index (χ2v) is 8.68. The van der Waals surface area contributed by atoms with Crippen LogP contribution in [0.15, 0.2) is 44.9 Å². The van der Waals surface area contributed by atoms with Gasteiger partial charge >= 0.3 is 0 Å². The molecule has 3 heterocycles. The van der Waals surface area contributed by atoms with Crippen LogP contribution in [-0.2, 0) is 0 Å². The molecule has 0 radical (unpaired) electrons. The summed E-state index contributed by atoms with van der Waals surface area (Å²) in [6.07, 6.45) is 3.64. The van der Waals surface area contributed by atoms with E-state index in [0.717, 1.165) is 24.2 Å². The van der Waals surface area contributed by atoms with Crippen molar-refractivity contribution in [3.05, 3.63) is 67.7 Å². The zero-order valence-corrected chi connectivity index (χ0v) is 17.7. The third-order valence-electron chi connectivity index (χ3n) is 5.80. The van der Waals surface area contributed by atoms with Crippen LogP contribution in [0.1, 0.15) is 51.9 Å². The van der Waals surface area contributed by atoms with E-state index in [1.807, 2.05) is 26.0 Å². The Morgan fingerprint density at radius 2 is 2.00 bits per heavy atom. The lowest BCUT2D eigenvalue weighted by Gasteiger charge is -2.34. The molecule has 2 aromatic heterocycles. The number of benzene rings is 1. The van der Waals surface area contributed by atoms with Crippen molar-refractivity contribution in [1.29, 1.82) is 0 Å². The summed E-state index contributed by atoms with van der Waals surface area (Å²) < 4.78 is 5.86. The number of carbonyl (C=O) groups excluding carboxylic acids is 1. The van der Waals surface area contributed by atoms with E-state index in [4.69, 9.17) is 4.42 Å². The van der Waals surface area contributed by atoms with Crippen molar-refractivity contribution in [3.63, 3.8) is 0 Å². The number of aryl methyl sites for hydroxylation is 2. The van der Waals surface area contributed by atoms with Crippen molar-refractivity contribution in [2.45, 2.75) is 39.2 Å². The zero-order chi connectivity index (χ0) is 20.4. The van der Waals surface area contributed by atoms with Crippen LogP contribution < -0.4 is 10.7 Å². The highest BCUT2D eigenvalue weighted by Gasteiger charge is 2.24. The number of piperidine rings is 1. The van der Waals surface area contributed by atoms with Crippen LogP contribution in [0.4, 0.5) is 0 Å². The van der Waals surface area contributed by atoms with Gasteiger partial charge in [0.05, 0.1) is 11.4 Å². The van der Waals surface area contributed by atoms with Crippen molar-refractivity contribution in [3.8, 4) is 0 Å². The minimum atomic E-state index is -0.344. The fourth-order valence-electron chi connectivity index (χ4n) is 3.96. The number of amides is 1. The van der Waals surface area contributed by atoms with Crippen LogP contribution in [0.3, 0.4) is 0 Å². The third kappa shape index (κ3) is 4.14. The third-order valence-corrected chi connectivity index (χ3v) is 6.77. The van der Waals surface area contributed by atoms with E-state index in [1.165, 1.54) is 30.2 Å². The fraction of sp³-hybridized carbons (Fsp3) is 0.391. The highest BCUT2D eigenvalue weighted by molar-refractivity contribution is 7.10. The number of nitrogens with zero attached hydrogens (tertiary/aromatic N) is 1. The van der Waals surface area contributed by atoms with E-state index < -0.39 is 0 Å². The maximum atomic E-state index is 12.8. The molecule has 1 N–H and O–H groups in total. The SMILES string of the molecule is Cc1ccc2c(=O)cc(C(=O)NC[C@@H](c3cccs3)N3CCCCC3)oc2c1C.